The zero-order chi connectivity index (χ0) is 11.5. The van der Waals surface area contributed by atoms with Gasteiger partial charge in [-0.3, -0.25) is 0 Å². The molecule has 0 aromatic carbocycles. The van der Waals surface area contributed by atoms with E-state index in [1.54, 1.807) is 6.92 Å². The number of hydrogen-bond acceptors (Lipinski definition) is 2. The van der Waals surface area contributed by atoms with Crippen LogP contribution in [-0.4, -0.2) is 22.4 Å². The molecule has 2 nitrogen and oxygen atoms in total. The number of hydrogen-bond donors (Lipinski definition) is 2. The van der Waals surface area contributed by atoms with Crippen molar-refractivity contribution in [2.75, 3.05) is 0 Å². The third-order valence-electron chi connectivity index (χ3n) is 2.91. The molecule has 0 spiro atoms. The Balaban J connectivity index is 3.05. The Kier molecular flexibility index (Phi) is 10.4. The molecule has 0 unspecified atom stereocenters. The molecule has 0 radical (unpaired) electrons. The van der Waals surface area contributed by atoms with Gasteiger partial charge in [0.25, 0.3) is 0 Å². The van der Waals surface area contributed by atoms with Crippen LogP contribution < -0.4 is 0 Å². The molecule has 2 heteroatoms. The first-order chi connectivity index (χ1) is 7.18. The second-order valence-corrected chi connectivity index (χ2v) is 4.57. The fourth-order valence-corrected chi connectivity index (χ4v) is 1.73. The lowest BCUT2D eigenvalue weighted by Gasteiger charge is -2.12. The molecule has 0 aliphatic rings. The van der Waals surface area contributed by atoms with Crippen LogP contribution >= 0.6 is 0 Å². The van der Waals surface area contributed by atoms with Crippen LogP contribution in [0.3, 0.4) is 0 Å². The van der Waals surface area contributed by atoms with Gasteiger partial charge in [0.05, 0.1) is 12.2 Å². The Hall–Kier alpha value is -0.0800. The van der Waals surface area contributed by atoms with Crippen molar-refractivity contribution in [1.29, 1.82) is 0 Å². The summed E-state index contributed by atoms with van der Waals surface area (Å²) in [6.07, 6.45) is 9.87. The quantitative estimate of drug-likeness (QED) is 0.550. The monoisotopic (exact) mass is 216 g/mol. The molecule has 0 aliphatic carbocycles. The third kappa shape index (κ3) is 10.2. The van der Waals surface area contributed by atoms with Crippen LogP contribution in [0.15, 0.2) is 0 Å². The zero-order valence-corrected chi connectivity index (χ0v) is 10.4. The standard InChI is InChI=1S/C13H28O2/c1-3-4-5-6-7-8-9-10-11-13(15)12(2)14/h12-15H,3-11H2,1-2H3/t12-,13+/m0/s1. The average molecular weight is 216 g/mol. The fourth-order valence-electron chi connectivity index (χ4n) is 1.73. The van der Waals surface area contributed by atoms with E-state index in [9.17, 15) is 5.11 Å². The molecule has 0 saturated heterocycles. The van der Waals surface area contributed by atoms with Gasteiger partial charge in [0.15, 0.2) is 0 Å². The van der Waals surface area contributed by atoms with E-state index < -0.39 is 12.2 Å². The number of rotatable bonds is 10. The van der Waals surface area contributed by atoms with Crippen molar-refractivity contribution in [2.24, 2.45) is 0 Å². The maximum atomic E-state index is 9.35. The zero-order valence-electron chi connectivity index (χ0n) is 10.4. The summed E-state index contributed by atoms with van der Waals surface area (Å²) in [6.45, 7) is 3.88. The molecule has 2 N–H and O–H groups in total. The summed E-state index contributed by atoms with van der Waals surface area (Å²) in [6, 6.07) is 0. The van der Waals surface area contributed by atoms with Gasteiger partial charge >= 0.3 is 0 Å². The summed E-state index contributed by atoms with van der Waals surface area (Å²) in [4.78, 5) is 0. The smallest absolute Gasteiger partial charge is 0.0796 e. The van der Waals surface area contributed by atoms with Gasteiger partial charge in [0.2, 0.25) is 0 Å². The van der Waals surface area contributed by atoms with Crippen molar-refractivity contribution >= 4 is 0 Å². The van der Waals surface area contributed by atoms with Crippen molar-refractivity contribution in [1.82, 2.24) is 0 Å². The normalized spacial score (nSPS) is 15.2. The molecular formula is C13H28O2. The minimum absolute atomic E-state index is 0.523. The Morgan fingerprint density at radius 1 is 0.800 bits per heavy atom. The molecule has 2 atom stereocenters. The van der Waals surface area contributed by atoms with E-state index in [0.29, 0.717) is 0 Å². The molecule has 15 heavy (non-hydrogen) atoms. The van der Waals surface area contributed by atoms with Crippen molar-refractivity contribution in [3.8, 4) is 0 Å². The third-order valence-corrected chi connectivity index (χ3v) is 2.91. The van der Waals surface area contributed by atoms with Crippen LogP contribution in [-0.2, 0) is 0 Å². The van der Waals surface area contributed by atoms with E-state index in [-0.39, 0.29) is 0 Å². The number of unbranched alkanes of at least 4 members (excludes halogenated alkanes) is 7. The Bertz CT molecular complexity index is 124. The highest BCUT2D eigenvalue weighted by Crippen LogP contribution is 2.11. The van der Waals surface area contributed by atoms with E-state index in [1.807, 2.05) is 0 Å². The molecule has 0 aromatic heterocycles. The van der Waals surface area contributed by atoms with Crippen molar-refractivity contribution in [2.45, 2.75) is 83.8 Å². The van der Waals surface area contributed by atoms with Crippen LogP contribution in [0, 0.1) is 0 Å². The van der Waals surface area contributed by atoms with Crippen LogP contribution in [0.1, 0.15) is 71.6 Å². The summed E-state index contributed by atoms with van der Waals surface area (Å²) in [7, 11) is 0. The summed E-state index contributed by atoms with van der Waals surface area (Å²) in [5, 5.41) is 18.4. The molecule has 0 rings (SSSR count). The van der Waals surface area contributed by atoms with Crippen molar-refractivity contribution in [3.63, 3.8) is 0 Å². The summed E-state index contributed by atoms with van der Waals surface area (Å²) >= 11 is 0. The van der Waals surface area contributed by atoms with Gasteiger partial charge in [0, 0.05) is 0 Å². The topological polar surface area (TPSA) is 40.5 Å². The maximum absolute atomic E-state index is 9.35. The molecule has 0 heterocycles. The molecular weight excluding hydrogens is 188 g/mol. The lowest BCUT2D eigenvalue weighted by atomic mass is 10.0. The molecule has 0 bridgehead atoms. The van der Waals surface area contributed by atoms with Crippen LogP contribution in [0.4, 0.5) is 0 Å². The first-order valence-corrected chi connectivity index (χ1v) is 6.54. The Morgan fingerprint density at radius 3 is 1.73 bits per heavy atom. The summed E-state index contributed by atoms with van der Waals surface area (Å²) in [5.74, 6) is 0. The van der Waals surface area contributed by atoms with E-state index in [1.165, 1.54) is 44.9 Å². The van der Waals surface area contributed by atoms with Gasteiger partial charge in [-0.15, -0.1) is 0 Å². The SMILES string of the molecule is CCCCCCCCCC[C@@H](O)[C@H](C)O. The predicted octanol–water partition coefficient (Wildman–Crippen LogP) is 3.26. The van der Waals surface area contributed by atoms with Gasteiger partial charge in [-0.05, 0) is 13.3 Å². The first-order valence-electron chi connectivity index (χ1n) is 6.54. The maximum Gasteiger partial charge on any atom is 0.0796 e. The Labute approximate surface area is 94.7 Å². The second-order valence-electron chi connectivity index (χ2n) is 4.57. The highest BCUT2D eigenvalue weighted by atomic mass is 16.3. The second kappa shape index (κ2) is 10.4. The highest BCUT2D eigenvalue weighted by Gasteiger charge is 2.09. The highest BCUT2D eigenvalue weighted by molar-refractivity contribution is 4.61. The largest absolute Gasteiger partial charge is 0.391 e. The van der Waals surface area contributed by atoms with Gasteiger partial charge in [-0.1, -0.05) is 58.3 Å². The van der Waals surface area contributed by atoms with Crippen molar-refractivity contribution < 1.29 is 10.2 Å². The predicted molar refractivity (Wildman–Crippen MR) is 64.9 cm³/mol. The average Bonchev–Trinajstić information content (AvgIpc) is 2.21. The fraction of sp³-hybridized carbons (Fsp3) is 1.00. The van der Waals surface area contributed by atoms with Crippen LogP contribution in [0.25, 0.3) is 0 Å². The van der Waals surface area contributed by atoms with E-state index in [0.717, 1.165) is 12.8 Å². The van der Waals surface area contributed by atoms with Crippen LogP contribution in [0.2, 0.25) is 0 Å². The van der Waals surface area contributed by atoms with E-state index in [2.05, 4.69) is 6.92 Å². The minimum atomic E-state index is -0.574. The van der Waals surface area contributed by atoms with E-state index >= 15 is 0 Å². The molecule has 0 aromatic rings. The molecule has 0 saturated carbocycles. The molecule has 0 amide bonds. The summed E-state index contributed by atoms with van der Waals surface area (Å²) < 4.78 is 0. The number of aliphatic hydroxyl groups excluding tert-OH is 2. The van der Waals surface area contributed by atoms with Gasteiger partial charge in [-0.25, -0.2) is 0 Å². The van der Waals surface area contributed by atoms with Crippen molar-refractivity contribution in [3.05, 3.63) is 0 Å². The van der Waals surface area contributed by atoms with E-state index in [4.69, 9.17) is 5.11 Å². The van der Waals surface area contributed by atoms with Gasteiger partial charge < -0.3 is 10.2 Å². The van der Waals surface area contributed by atoms with Gasteiger partial charge in [0.1, 0.15) is 0 Å². The first kappa shape index (κ1) is 14.9. The lowest BCUT2D eigenvalue weighted by molar-refractivity contribution is 0.0247. The Morgan fingerprint density at radius 2 is 1.27 bits per heavy atom. The molecule has 0 aliphatic heterocycles. The molecule has 92 valence electrons. The molecule has 0 fully saturated rings. The lowest BCUT2D eigenvalue weighted by Crippen LogP contribution is -2.21. The minimum Gasteiger partial charge on any atom is -0.391 e. The summed E-state index contributed by atoms with van der Waals surface area (Å²) in [5.41, 5.74) is 0. The van der Waals surface area contributed by atoms with Gasteiger partial charge in [-0.2, -0.15) is 0 Å². The van der Waals surface area contributed by atoms with Crippen LogP contribution in [0.5, 0.6) is 0 Å². The number of aliphatic hydroxyl groups is 2.